The van der Waals surface area contributed by atoms with Crippen molar-refractivity contribution in [2.45, 2.75) is 33.5 Å². The predicted octanol–water partition coefficient (Wildman–Crippen LogP) is 5.71. The molecule has 0 atom stereocenters. The van der Waals surface area contributed by atoms with Gasteiger partial charge in [0.15, 0.2) is 0 Å². The monoisotopic (exact) mass is 566 g/mol. The lowest BCUT2D eigenvalue weighted by atomic mass is 10.1. The number of rotatable bonds is 7. The average Bonchev–Trinajstić information content (AvgIpc) is 3.22. The van der Waals surface area contributed by atoms with Crippen LogP contribution in [0.3, 0.4) is 0 Å². The van der Waals surface area contributed by atoms with Gasteiger partial charge in [0.25, 0.3) is 5.91 Å². The molecule has 3 heterocycles. The van der Waals surface area contributed by atoms with E-state index in [2.05, 4.69) is 32.3 Å². The largest absolute Gasteiger partial charge is 0.415 e. The maximum Gasteiger partial charge on any atom is 0.415 e. The van der Waals surface area contributed by atoms with Gasteiger partial charge in [0.1, 0.15) is 11.6 Å². The first-order chi connectivity index (χ1) is 19.2. The fourth-order valence-corrected chi connectivity index (χ4v) is 4.09. The second-order valence-electron chi connectivity index (χ2n) is 9.58. The first kappa shape index (κ1) is 29.1. The van der Waals surface area contributed by atoms with Crippen LogP contribution in [0.5, 0.6) is 0 Å². The highest BCUT2D eigenvalue weighted by Gasteiger charge is 2.32. The number of aromatic nitrogens is 4. The number of amides is 3. The summed E-state index contributed by atoms with van der Waals surface area (Å²) in [5.74, 6) is 0.983. The minimum Gasteiger partial charge on any atom is -0.322 e. The lowest BCUT2D eigenvalue weighted by Crippen LogP contribution is -2.46. The molecule has 0 unspecified atom stereocenters. The number of allylic oxidation sites excluding steroid dienone is 4. The molecular weight excluding hydrogens is 537 g/mol. The summed E-state index contributed by atoms with van der Waals surface area (Å²) in [6.45, 7) is 8.35. The number of nitrogens with one attached hydrogen (secondary N) is 2. The highest BCUT2D eigenvalue weighted by atomic mass is 19.4. The van der Waals surface area contributed by atoms with Crippen LogP contribution in [-0.4, -0.2) is 44.9 Å². The van der Waals surface area contributed by atoms with Gasteiger partial charge in [0, 0.05) is 48.8 Å². The molecule has 13 heteroatoms. The lowest BCUT2D eigenvalue weighted by molar-refractivity contribution is -0.112. The van der Waals surface area contributed by atoms with Crippen LogP contribution in [0, 0.1) is 13.8 Å². The number of hydrogen-bond donors (Lipinski definition) is 2. The quantitative estimate of drug-likeness (QED) is 0.280. The second-order valence-corrected chi connectivity index (χ2v) is 9.58. The average molecular weight is 567 g/mol. The van der Waals surface area contributed by atoms with Crippen LogP contribution in [0.2, 0.25) is 0 Å². The molecule has 1 aliphatic heterocycles. The number of nitrogens with zero attached hydrogens (tertiary/aromatic N) is 6. The van der Waals surface area contributed by atoms with E-state index < -0.39 is 17.7 Å². The lowest BCUT2D eigenvalue weighted by Gasteiger charge is -2.35. The fourth-order valence-electron chi connectivity index (χ4n) is 4.09. The zero-order valence-corrected chi connectivity index (χ0v) is 23.2. The summed E-state index contributed by atoms with van der Waals surface area (Å²) in [6, 6.07) is 6.64. The molecule has 3 amide bonds. The van der Waals surface area contributed by atoms with Crippen molar-refractivity contribution in [2.75, 3.05) is 27.5 Å². The number of urea groups is 1. The Balaban J connectivity index is 1.52. The zero-order chi connectivity index (χ0) is 30.1. The molecule has 41 heavy (non-hydrogen) atoms. The van der Waals surface area contributed by atoms with Crippen molar-refractivity contribution in [1.29, 1.82) is 0 Å². The van der Waals surface area contributed by atoms with Crippen molar-refractivity contribution in [3.63, 3.8) is 0 Å². The normalized spacial score (nSPS) is 14.0. The van der Waals surface area contributed by atoms with E-state index in [0.29, 0.717) is 29.0 Å². The van der Waals surface area contributed by atoms with Crippen molar-refractivity contribution in [1.82, 2.24) is 19.7 Å². The topological polar surface area (TPSA) is 108 Å². The van der Waals surface area contributed by atoms with Gasteiger partial charge >= 0.3 is 12.2 Å². The van der Waals surface area contributed by atoms with Crippen molar-refractivity contribution in [3.8, 4) is 0 Å². The molecule has 1 aromatic carbocycles. The molecule has 4 rings (SSSR count). The van der Waals surface area contributed by atoms with Crippen molar-refractivity contribution < 1.29 is 22.8 Å². The molecule has 3 aromatic rings. The number of carbonyl (C=O) groups excluding carboxylic acids is 2. The maximum atomic E-state index is 13.4. The van der Waals surface area contributed by atoms with E-state index in [1.54, 1.807) is 48.1 Å². The van der Waals surface area contributed by atoms with E-state index in [1.807, 2.05) is 19.9 Å². The minimum absolute atomic E-state index is 0.184. The summed E-state index contributed by atoms with van der Waals surface area (Å²) < 4.78 is 39.5. The van der Waals surface area contributed by atoms with Crippen LogP contribution >= 0.6 is 0 Å². The summed E-state index contributed by atoms with van der Waals surface area (Å²) in [7, 11) is 3.42. The van der Waals surface area contributed by atoms with Gasteiger partial charge in [-0.3, -0.25) is 19.3 Å². The number of hydrogen-bond acceptors (Lipinski definition) is 6. The Hall–Kier alpha value is -4.94. The summed E-state index contributed by atoms with van der Waals surface area (Å²) in [5, 5.41) is 10.1. The molecule has 1 aliphatic rings. The molecule has 0 bridgehead atoms. The first-order valence-corrected chi connectivity index (χ1v) is 12.5. The van der Waals surface area contributed by atoms with Gasteiger partial charge in [-0.25, -0.2) is 9.78 Å². The molecule has 0 fully saturated rings. The molecule has 10 nitrogen and oxygen atoms in total. The summed E-state index contributed by atoms with van der Waals surface area (Å²) in [4.78, 5) is 38.0. The molecule has 0 spiro atoms. The number of halogens is 3. The second kappa shape index (κ2) is 11.3. The van der Waals surface area contributed by atoms with Gasteiger partial charge < -0.3 is 10.6 Å². The standard InChI is InChI=1S/C28H29F3N8O2/c1-16-10-11-21(33-25(40)17(2)8-7-9-18(3)28(29,30)31)13-22(16)39-15-20-14-32-26(35-24(20)37(5)27(39)41)34-23-12-19(4)36-38(23)6/h7-14H,3,15H2,1-2,4-6H3,(H,33,40)(H,32,34,35)/b9-7-,17-8+. The third-order valence-corrected chi connectivity index (χ3v) is 6.37. The zero-order valence-electron chi connectivity index (χ0n) is 23.2. The van der Waals surface area contributed by atoms with Crippen LogP contribution in [0.1, 0.15) is 23.7 Å². The van der Waals surface area contributed by atoms with E-state index in [4.69, 9.17) is 0 Å². The Morgan fingerprint density at radius 2 is 1.90 bits per heavy atom. The van der Waals surface area contributed by atoms with Crippen LogP contribution < -0.4 is 20.4 Å². The highest BCUT2D eigenvalue weighted by Crippen LogP contribution is 2.33. The third-order valence-electron chi connectivity index (χ3n) is 6.37. The van der Waals surface area contributed by atoms with E-state index in [-0.39, 0.29) is 18.1 Å². The Bertz CT molecular complexity index is 1590. The Morgan fingerprint density at radius 3 is 2.56 bits per heavy atom. The SMILES string of the molecule is C=C(/C=C\C=C(/C)C(=O)Nc1ccc(C)c(N2Cc3cnc(Nc4cc(C)nn4C)nc3N(C)C2=O)c1)C(F)(F)F. The van der Waals surface area contributed by atoms with E-state index >= 15 is 0 Å². The molecular formula is C28H29F3N8O2. The Labute approximate surface area is 234 Å². The van der Waals surface area contributed by atoms with Gasteiger partial charge in [0.2, 0.25) is 5.95 Å². The molecule has 0 radical (unpaired) electrons. The molecule has 0 saturated carbocycles. The van der Waals surface area contributed by atoms with E-state index in [9.17, 15) is 22.8 Å². The number of benzene rings is 1. The van der Waals surface area contributed by atoms with Crippen molar-refractivity contribution in [3.05, 3.63) is 83.2 Å². The molecule has 2 N–H and O–H groups in total. The molecule has 0 aliphatic carbocycles. The molecule has 0 saturated heterocycles. The van der Waals surface area contributed by atoms with Gasteiger partial charge in [-0.05, 0) is 38.5 Å². The Kier molecular flexibility index (Phi) is 7.99. The van der Waals surface area contributed by atoms with Gasteiger partial charge in [-0.1, -0.05) is 30.9 Å². The third kappa shape index (κ3) is 6.45. The van der Waals surface area contributed by atoms with Crippen LogP contribution in [-0.2, 0) is 18.4 Å². The summed E-state index contributed by atoms with van der Waals surface area (Å²) in [6.07, 6.45) is 0.286. The number of fused-ring (bicyclic) bond motifs is 1. The van der Waals surface area contributed by atoms with E-state index in [1.165, 1.54) is 17.9 Å². The molecule has 2 aromatic heterocycles. The van der Waals surface area contributed by atoms with Gasteiger partial charge in [0.05, 0.1) is 17.9 Å². The number of anilines is 5. The van der Waals surface area contributed by atoms with Crippen LogP contribution in [0.25, 0.3) is 0 Å². The maximum absolute atomic E-state index is 13.4. The highest BCUT2D eigenvalue weighted by molar-refractivity contribution is 6.07. The predicted molar refractivity (Wildman–Crippen MR) is 151 cm³/mol. The minimum atomic E-state index is -4.54. The number of alkyl halides is 3. The number of carbonyl (C=O) groups is 2. The Morgan fingerprint density at radius 1 is 1.17 bits per heavy atom. The smallest absolute Gasteiger partial charge is 0.322 e. The van der Waals surface area contributed by atoms with Crippen LogP contribution in [0.4, 0.5) is 46.9 Å². The van der Waals surface area contributed by atoms with Gasteiger partial charge in [-0.15, -0.1) is 0 Å². The molecule has 214 valence electrons. The van der Waals surface area contributed by atoms with Crippen molar-refractivity contribution in [2.24, 2.45) is 7.05 Å². The van der Waals surface area contributed by atoms with Gasteiger partial charge in [-0.2, -0.15) is 23.3 Å². The summed E-state index contributed by atoms with van der Waals surface area (Å²) in [5.41, 5.74) is 2.49. The summed E-state index contributed by atoms with van der Waals surface area (Å²) >= 11 is 0. The fraction of sp³-hybridized carbons (Fsp3) is 0.250. The van der Waals surface area contributed by atoms with E-state index in [0.717, 1.165) is 29.0 Å². The number of aryl methyl sites for hydroxylation is 3. The van der Waals surface area contributed by atoms with Crippen LogP contribution in [0.15, 0.2) is 66.4 Å². The van der Waals surface area contributed by atoms with Crippen molar-refractivity contribution >= 4 is 40.9 Å². The first-order valence-electron chi connectivity index (χ1n) is 12.5.